The Bertz CT molecular complexity index is 892. The van der Waals surface area contributed by atoms with Gasteiger partial charge < -0.3 is 18.9 Å². The molecule has 0 N–H and O–H groups in total. The number of hydrogen-bond donors (Lipinski definition) is 0. The summed E-state index contributed by atoms with van der Waals surface area (Å²) in [5.41, 5.74) is 3.15. The van der Waals surface area contributed by atoms with E-state index in [1.807, 2.05) is 32.9 Å². The van der Waals surface area contributed by atoms with Gasteiger partial charge in [-0.2, -0.15) is 0 Å². The summed E-state index contributed by atoms with van der Waals surface area (Å²) >= 11 is 5.03. The molecule has 1 aromatic carbocycles. The van der Waals surface area contributed by atoms with Gasteiger partial charge in [0, 0.05) is 12.8 Å². The highest BCUT2D eigenvalue weighted by atomic mass is 32.1. The van der Waals surface area contributed by atoms with Crippen LogP contribution >= 0.6 is 12.2 Å². The highest BCUT2D eigenvalue weighted by Crippen LogP contribution is 2.51. The zero-order valence-electron chi connectivity index (χ0n) is 16.8. The number of hydrogen-bond acceptors (Lipinski definition) is 7. The summed E-state index contributed by atoms with van der Waals surface area (Å²) in [7, 11) is 0. The van der Waals surface area contributed by atoms with Gasteiger partial charge in [-0.05, 0) is 62.5 Å². The van der Waals surface area contributed by atoms with Crippen molar-refractivity contribution in [3.8, 4) is 0 Å². The van der Waals surface area contributed by atoms with Gasteiger partial charge in [-0.3, -0.25) is 4.79 Å². The van der Waals surface area contributed by atoms with Gasteiger partial charge in [0.25, 0.3) is 0 Å². The van der Waals surface area contributed by atoms with Crippen LogP contribution in [0.3, 0.4) is 0 Å². The Kier molecular flexibility index (Phi) is 5.09. The van der Waals surface area contributed by atoms with E-state index in [1.165, 1.54) is 0 Å². The number of carbonyl (C=O) groups is 2. The van der Waals surface area contributed by atoms with Crippen LogP contribution in [0.5, 0.6) is 0 Å². The summed E-state index contributed by atoms with van der Waals surface area (Å²) in [6.07, 6.45) is 2.56. The van der Waals surface area contributed by atoms with Gasteiger partial charge in [-0.25, -0.2) is 4.79 Å². The van der Waals surface area contributed by atoms with Crippen LogP contribution in [0, 0.1) is 20.8 Å². The third-order valence-corrected chi connectivity index (χ3v) is 6.17. The Morgan fingerprint density at radius 3 is 2.21 bits per heavy atom. The molecule has 0 atom stereocenters. The Morgan fingerprint density at radius 1 is 1.07 bits per heavy atom. The van der Waals surface area contributed by atoms with E-state index in [-0.39, 0.29) is 5.05 Å². The number of esters is 1. The summed E-state index contributed by atoms with van der Waals surface area (Å²) in [6, 6.07) is 4.03. The second-order valence-corrected chi connectivity index (χ2v) is 8.41. The third-order valence-electron chi connectivity index (χ3n) is 5.99. The van der Waals surface area contributed by atoms with E-state index in [0.29, 0.717) is 56.5 Å². The Hall–Kier alpha value is -2.09. The van der Waals surface area contributed by atoms with E-state index in [4.69, 9.17) is 31.2 Å². The number of aryl methyl sites for hydroxylation is 3. The molecule has 0 amide bonds. The first-order valence-electron chi connectivity index (χ1n) is 9.80. The molecule has 3 aliphatic rings. The zero-order chi connectivity index (χ0) is 20.8. The minimum absolute atomic E-state index is 0.216. The lowest BCUT2D eigenvalue weighted by molar-refractivity contribution is -0.205. The fourth-order valence-corrected chi connectivity index (χ4v) is 4.89. The van der Waals surface area contributed by atoms with Crippen LogP contribution < -0.4 is 0 Å². The molecule has 7 heteroatoms. The van der Waals surface area contributed by atoms with Crippen LogP contribution in [0.1, 0.15) is 47.9 Å². The maximum Gasteiger partial charge on any atom is 0.343 e. The molecule has 4 rings (SSSR count). The van der Waals surface area contributed by atoms with Crippen LogP contribution in [-0.2, 0) is 28.5 Å². The molecule has 154 valence electrons. The van der Waals surface area contributed by atoms with Crippen LogP contribution in [0.2, 0.25) is 0 Å². The van der Waals surface area contributed by atoms with E-state index in [2.05, 4.69) is 0 Å². The first-order valence-corrected chi connectivity index (χ1v) is 10.2. The molecule has 0 radical (unpaired) electrons. The van der Waals surface area contributed by atoms with Gasteiger partial charge in [0.15, 0.2) is 23.4 Å². The van der Waals surface area contributed by atoms with Crippen LogP contribution in [0.25, 0.3) is 5.57 Å². The van der Waals surface area contributed by atoms with E-state index in [0.717, 1.165) is 22.3 Å². The molecule has 0 bridgehead atoms. The monoisotopic (exact) mass is 416 g/mol. The maximum atomic E-state index is 13.1. The summed E-state index contributed by atoms with van der Waals surface area (Å²) < 4.78 is 23.4. The van der Waals surface area contributed by atoms with Crippen molar-refractivity contribution in [2.75, 3.05) is 13.2 Å². The number of ether oxygens (including phenoxy) is 4. The Balaban J connectivity index is 1.81. The second kappa shape index (κ2) is 7.31. The lowest BCUT2D eigenvalue weighted by Crippen LogP contribution is -2.45. The van der Waals surface area contributed by atoms with Crippen LogP contribution in [0.4, 0.5) is 0 Å². The summed E-state index contributed by atoms with van der Waals surface area (Å²) in [6.45, 7) is 7.04. The molecule has 2 fully saturated rings. The average molecular weight is 416 g/mol. The molecule has 1 saturated heterocycles. The average Bonchev–Trinajstić information content (AvgIpc) is 3.22. The van der Waals surface area contributed by atoms with Gasteiger partial charge in [-0.15, -0.1) is 0 Å². The van der Waals surface area contributed by atoms with Crippen molar-refractivity contribution in [2.45, 2.75) is 57.8 Å². The van der Waals surface area contributed by atoms with E-state index in [1.54, 1.807) is 0 Å². The van der Waals surface area contributed by atoms with E-state index in [9.17, 15) is 9.59 Å². The van der Waals surface area contributed by atoms with Crippen molar-refractivity contribution in [3.05, 3.63) is 40.1 Å². The topological polar surface area (TPSA) is 71.1 Å². The Labute approximate surface area is 175 Å². The third kappa shape index (κ3) is 3.41. The molecular weight excluding hydrogens is 392 g/mol. The highest BCUT2D eigenvalue weighted by molar-refractivity contribution is 7.81. The number of aldehydes is 1. The SMILES string of the molecule is Cc1cc(C)c(C2=C(OC(=S)C=O)C3(CCC4(CC3)OCCO4)OC2=O)c(C)c1. The predicted octanol–water partition coefficient (Wildman–Crippen LogP) is 3.48. The lowest BCUT2D eigenvalue weighted by atomic mass is 9.79. The van der Waals surface area contributed by atoms with Crippen LogP contribution in [-0.4, -0.2) is 41.9 Å². The summed E-state index contributed by atoms with van der Waals surface area (Å²) in [4.78, 5) is 24.3. The second-order valence-electron chi connectivity index (χ2n) is 8.01. The predicted molar refractivity (Wildman–Crippen MR) is 109 cm³/mol. The first kappa shape index (κ1) is 20.2. The molecule has 2 aliphatic heterocycles. The normalized spacial score (nSPS) is 22.2. The number of carbonyl (C=O) groups excluding carboxylic acids is 2. The molecule has 1 aliphatic carbocycles. The van der Waals surface area contributed by atoms with Gasteiger partial charge in [0.2, 0.25) is 5.05 Å². The minimum Gasteiger partial charge on any atom is -0.447 e. The summed E-state index contributed by atoms with van der Waals surface area (Å²) in [5, 5.41) is -0.216. The van der Waals surface area contributed by atoms with Crippen LogP contribution in [0.15, 0.2) is 17.9 Å². The highest BCUT2D eigenvalue weighted by Gasteiger charge is 2.56. The molecule has 6 nitrogen and oxygen atoms in total. The van der Waals surface area contributed by atoms with Gasteiger partial charge in [0.05, 0.1) is 13.2 Å². The van der Waals surface area contributed by atoms with Crippen molar-refractivity contribution < 1.29 is 28.5 Å². The van der Waals surface area contributed by atoms with Crippen molar-refractivity contribution >= 4 is 35.1 Å². The van der Waals surface area contributed by atoms with Crippen molar-refractivity contribution in [3.63, 3.8) is 0 Å². The van der Waals surface area contributed by atoms with Crippen molar-refractivity contribution in [1.82, 2.24) is 0 Å². The fraction of sp³-hybridized carbons (Fsp3) is 0.500. The van der Waals surface area contributed by atoms with Crippen molar-refractivity contribution in [2.24, 2.45) is 0 Å². The van der Waals surface area contributed by atoms with Gasteiger partial charge in [-0.1, -0.05) is 17.7 Å². The molecule has 2 spiro atoms. The zero-order valence-corrected chi connectivity index (χ0v) is 17.6. The molecular formula is C22H24O6S. The van der Waals surface area contributed by atoms with Crippen molar-refractivity contribution in [1.29, 1.82) is 0 Å². The Morgan fingerprint density at radius 2 is 1.66 bits per heavy atom. The molecule has 0 unspecified atom stereocenters. The molecule has 2 heterocycles. The van der Waals surface area contributed by atoms with E-state index < -0.39 is 17.4 Å². The standard InChI is InChI=1S/C22H24O6S/c1-13-10-14(2)17(15(3)11-13)18-19(27-16(29)12-23)21(28-20(18)24)4-6-22(7-5-21)25-8-9-26-22/h10-12H,4-9H2,1-3H3. The van der Waals surface area contributed by atoms with Gasteiger partial charge >= 0.3 is 5.97 Å². The largest absolute Gasteiger partial charge is 0.447 e. The number of benzene rings is 1. The maximum absolute atomic E-state index is 13.1. The smallest absolute Gasteiger partial charge is 0.343 e. The van der Waals surface area contributed by atoms with Gasteiger partial charge in [0.1, 0.15) is 5.57 Å². The lowest BCUT2D eigenvalue weighted by Gasteiger charge is -2.41. The quantitative estimate of drug-likeness (QED) is 0.424. The molecule has 1 saturated carbocycles. The fourth-order valence-electron chi connectivity index (χ4n) is 4.80. The number of thiocarbonyl (C=S) groups is 1. The summed E-state index contributed by atoms with van der Waals surface area (Å²) in [5.74, 6) is -0.734. The van der Waals surface area contributed by atoms with E-state index >= 15 is 0 Å². The minimum atomic E-state index is -0.968. The molecule has 1 aromatic rings. The number of rotatable bonds is 3. The molecule has 0 aromatic heterocycles. The first-order chi connectivity index (χ1) is 13.8. The molecule has 29 heavy (non-hydrogen) atoms.